The molecular weight excluding hydrogens is 701 g/mol. The summed E-state index contributed by atoms with van der Waals surface area (Å²) in [4.78, 5) is 0. The predicted octanol–water partition coefficient (Wildman–Crippen LogP) is 15.1. The summed E-state index contributed by atoms with van der Waals surface area (Å²) in [5.74, 6) is 0. The third kappa shape index (κ3) is 4.83. The van der Waals surface area contributed by atoms with E-state index >= 15 is 0 Å². The molecule has 0 aromatic heterocycles. The van der Waals surface area contributed by atoms with Gasteiger partial charge in [0.05, 0.1) is 23.3 Å². The topological polar surface area (TPSA) is 47.6 Å². The molecule has 58 heavy (non-hydrogen) atoms. The van der Waals surface area contributed by atoms with Crippen LogP contribution >= 0.6 is 0 Å². The first kappa shape index (κ1) is 32.2. The van der Waals surface area contributed by atoms with Crippen LogP contribution in [0.25, 0.3) is 119 Å². The summed E-state index contributed by atoms with van der Waals surface area (Å²) >= 11 is 0. The van der Waals surface area contributed by atoms with Crippen molar-refractivity contribution in [1.82, 2.24) is 0 Å². The molecule has 0 aliphatic carbocycles. The molecular formula is C56H30N2. The zero-order valence-corrected chi connectivity index (χ0v) is 31.2. The van der Waals surface area contributed by atoms with E-state index in [1.807, 2.05) is 36.4 Å². The van der Waals surface area contributed by atoms with E-state index in [0.29, 0.717) is 11.1 Å². The van der Waals surface area contributed by atoms with Gasteiger partial charge >= 0.3 is 0 Å². The molecule has 12 aromatic carbocycles. The summed E-state index contributed by atoms with van der Waals surface area (Å²) in [7, 11) is 0. The van der Waals surface area contributed by atoms with Gasteiger partial charge in [-0.25, -0.2) is 0 Å². The standard InChI is InChI=1S/C56H30N2/c57-31-33-9-11-37-27-45-23-35(13-15-39(45)25-43(37)21-33)41-17-19-49-47-5-1-3-7-51(47)55-54-30-42(18-20-50(54)48-6-2-4-8-52(48)56(55)53(49)29-41)36-14-16-40-26-44-22-34(32-58)10-12-38(44)28-46(40)24-36/h1-30H. The highest BCUT2D eigenvalue weighted by molar-refractivity contribution is 6.39. The van der Waals surface area contributed by atoms with Gasteiger partial charge in [-0.1, -0.05) is 109 Å². The Morgan fingerprint density at radius 3 is 0.983 bits per heavy atom. The number of hydrogen-bond acceptors (Lipinski definition) is 2. The van der Waals surface area contributed by atoms with E-state index < -0.39 is 0 Å². The van der Waals surface area contributed by atoms with Gasteiger partial charge in [-0.3, -0.25) is 0 Å². The molecule has 0 saturated heterocycles. The lowest BCUT2D eigenvalue weighted by Gasteiger charge is -2.18. The Kier molecular flexibility index (Phi) is 6.80. The summed E-state index contributed by atoms with van der Waals surface area (Å²) in [5.41, 5.74) is 6.05. The van der Waals surface area contributed by atoms with Gasteiger partial charge in [-0.15, -0.1) is 0 Å². The normalized spacial score (nSPS) is 11.8. The lowest BCUT2D eigenvalue weighted by Crippen LogP contribution is -1.90. The minimum absolute atomic E-state index is 0.677. The van der Waals surface area contributed by atoms with Crippen LogP contribution in [0.2, 0.25) is 0 Å². The van der Waals surface area contributed by atoms with E-state index in [1.165, 1.54) is 86.9 Å². The zero-order chi connectivity index (χ0) is 38.5. The van der Waals surface area contributed by atoms with Crippen LogP contribution in [0.15, 0.2) is 182 Å². The van der Waals surface area contributed by atoms with Crippen molar-refractivity contribution in [1.29, 1.82) is 10.5 Å². The second kappa shape index (κ2) is 12.2. The molecule has 2 nitrogen and oxygen atoms in total. The molecule has 0 amide bonds. The van der Waals surface area contributed by atoms with Crippen LogP contribution in [0.4, 0.5) is 0 Å². The van der Waals surface area contributed by atoms with Crippen LogP contribution in [0.1, 0.15) is 11.1 Å². The highest BCUT2D eigenvalue weighted by Crippen LogP contribution is 2.46. The second-order valence-electron chi connectivity index (χ2n) is 15.5. The van der Waals surface area contributed by atoms with Gasteiger partial charge in [0.1, 0.15) is 0 Å². The van der Waals surface area contributed by atoms with Crippen molar-refractivity contribution < 1.29 is 0 Å². The average molecular weight is 731 g/mol. The number of rotatable bonds is 2. The molecule has 0 fully saturated rings. The maximum absolute atomic E-state index is 9.46. The fourth-order valence-electron chi connectivity index (χ4n) is 9.52. The van der Waals surface area contributed by atoms with Crippen molar-refractivity contribution in [2.45, 2.75) is 0 Å². The fourth-order valence-corrected chi connectivity index (χ4v) is 9.52. The van der Waals surface area contributed by atoms with Crippen molar-refractivity contribution in [3.8, 4) is 34.4 Å². The Morgan fingerprint density at radius 1 is 0.241 bits per heavy atom. The highest BCUT2D eigenvalue weighted by atomic mass is 14.2. The maximum atomic E-state index is 9.46. The van der Waals surface area contributed by atoms with Crippen molar-refractivity contribution in [3.05, 3.63) is 193 Å². The number of fused-ring (bicyclic) bond motifs is 15. The van der Waals surface area contributed by atoms with Crippen molar-refractivity contribution in [2.24, 2.45) is 0 Å². The molecule has 0 spiro atoms. The van der Waals surface area contributed by atoms with Crippen LogP contribution in [0.5, 0.6) is 0 Å². The number of nitriles is 2. The first-order chi connectivity index (χ1) is 28.6. The third-order valence-electron chi connectivity index (χ3n) is 12.3. The Balaban J connectivity index is 1.11. The summed E-state index contributed by atoms with van der Waals surface area (Å²) in [5, 5.41) is 40.5. The lowest BCUT2D eigenvalue weighted by molar-refractivity contribution is 1.50. The molecule has 0 atom stereocenters. The third-order valence-corrected chi connectivity index (χ3v) is 12.3. The molecule has 0 unspecified atom stereocenters. The van der Waals surface area contributed by atoms with E-state index in [1.54, 1.807) is 0 Å². The van der Waals surface area contributed by atoms with E-state index in [-0.39, 0.29) is 0 Å². The van der Waals surface area contributed by atoms with Crippen molar-refractivity contribution in [2.75, 3.05) is 0 Å². The zero-order valence-electron chi connectivity index (χ0n) is 31.2. The highest BCUT2D eigenvalue weighted by Gasteiger charge is 2.18. The second-order valence-corrected chi connectivity index (χ2v) is 15.5. The molecule has 0 saturated carbocycles. The minimum atomic E-state index is 0.677. The summed E-state index contributed by atoms with van der Waals surface area (Å²) in [6, 6.07) is 70.4. The molecule has 264 valence electrons. The molecule has 0 aliphatic heterocycles. The molecule has 12 aromatic rings. The van der Waals surface area contributed by atoms with Crippen molar-refractivity contribution >= 4 is 97.0 Å². The molecule has 0 N–H and O–H groups in total. The number of hydrogen-bond donors (Lipinski definition) is 0. The van der Waals surface area contributed by atoms with Gasteiger partial charge in [0, 0.05) is 0 Å². The van der Waals surface area contributed by atoms with Crippen LogP contribution in [0, 0.1) is 22.7 Å². The molecule has 0 bridgehead atoms. The van der Waals surface area contributed by atoms with Gasteiger partial charge in [-0.05, 0) is 192 Å². The van der Waals surface area contributed by atoms with Crippen LogP contribution in [0.3, 0.4) is 0 Å². The van der Waals surface area contributed by atoms with Gasteiger partial charge in [0.15, 0.2) is 0 Å². The monoisotopic (exact) mass is 730 g/mol. The Hall–Kier alpha value is -8.04. The van der Waals surface area contributed by atoms with Crippen molar-refractivity contribution in [3.63, 3.8) is 0 Å². The van der Waals surface area contributed by atoms with Crippen LogP contribution in [-0.2, 0) is 0 Å². The summed E-state index contributed by atoms with van der Waals surface area (Å²) in [6.07, 6.45) is 0. The molecule has 12 rings (SSSR count). The van der Waals surface area contributed by atoms with Gasteiger partial charge in [-0.2, -0.15) is 10.5 Å². The van der Waals surface area contributed by atoms with Gasteiger partial charge in [0.25, 0.3) is 0 Å². The van der Waals surface area contributed by atoms with Crippen LogP contribution < -0.4 is 0 Å². The van der Waals surface area contributed by atoms with E-state index in [9.17, 15) is 10.5 Å². The largest absolute Gasteiger partial charge is 0.192 e. The lowest BCUT2D eigenvalue weighted by atomic mass is 9.85. The molecule has 0 radical (unpaired) electrons. The quantitative estimate of drug-likeness (QED) is 0.131. The molecule has 0 aliphatic rings. The van der Waals surface area contributed by atoms with Gasteiger partial charge < -0.3 is 0 Å². The van der Waals surface area contributed by atoms with E-state index in [4.69, 9.17) is 0 Å². The minimum Gasteiger partial charge on any atom is -0.192 e. The summed E-state index contributed by atoms with van der Waals surface area (Å²) in [6.45, 7) is 0. The average Bonchev–Trinajstić information content (AvgIpc) is 3.28. The number of benzene rings is 12. The Bertz CT molecular complexity index is 3620. The SMILES string of the molecule is N#Cc1ccc2cc3cc(-c4ccc5c6ccccc6c6c7cc(-c8ccc9cc%10cc(C#N)ccc%10cc9c8)ccc7c7ccccc7c6c5c4)ccc3cc2c1. The van der Waals surface area contributed by atoms with E-state index in [2.05, 4.69) is 158 Å². The first-order valence-corrected chi connectivity index (χ1v) is 19.6. The Morgan fingerprint density at radius 2 is 0.569 bits per heavy atom. The van der Waals surface area contributed by atoms with E-state index in [0.717, 1.165) is 32.3 Å². The maximum Gasteiger partial charge on any atom is 0.0991 e. The summed E-state index contributed by atoms with van der Waals surface area (Å²) < 4.78 is 0. The Labute approximate surface area is 333 Å². The molecule has 0 heterocycles. The molecule has 2 heteroatoms. The fraction of sp³-hybridized carbons (Fsp3) is 0. The first-order valence-electron chi connectivity index (χ1n) is 19.6. The van der Waals surface area contributed by atoms with Gasteiger partial charge in [0.2, 0.25) is 0 Å². The van der Waals surface area contributed by atoms with Crippen LogP contribution in [-0.4, -0.2) is 0 Å². The predicted molar refractivity (Wildman–Crippen MR) is 244 cm³/mol. The number of nitrogens with zero attached hydrogens (tertiary/aromatic N) is 2. The smallest absolute Gasteiger partial charge is 0.0991 e.